The third kappa shape index (κ3) is 3.03. The standard InChI is InChI=1S/C13H8Br2N2O2S/c14-10-5-3-6-11(15)13(10)17-20(18,19)12-7-2-1-4-9(12)8-16/h1-7,17H. The lowest BCUT2D eigenvalue weighted by atomic mass is 10.2. The number of nitriles is 1. The smallest absolute Gasteiger partial charge is 0.263 e. The topological polar surface area (TPSA) is 70.0 Å². The fourth-order valence-corrected chi connectivity index (χ4v) is 4.30. The molecule has 0 radical (unpaired) electrons. The van der Waals surface area contributed by atoms with Crippen LogP contribution >= 0.6 is 31.9 Å². The van der Waals surface area contributed by atoms with E-state index in [4.69, 9.17) is 5.26 Å². The number of sulfonamides is 1. The Morgan fingerprint density at radius 2 is 1.60 bits per heavy atom. The molecule has 0 heterocycles. The zero-order valence-electron chi connectivity index (χ0n) is 9.97. The highest BCUT2D eigenvalue weighted by Gasteiger charge is 2.20. The lowest BCUT2D eigenvalue weighted by molar-refractivity contribution is 0.601. The Labute approximate surface area is 133 Å². The number of nitrogens with zero attached hydrogens (tertiary/aromatic N) is 1. The molecule has 2 aromatic carbocycles. The average Bonchev–Trinajstić information content (AvgIpc) is 2.43. The molecule has 0 bridgehead atoms. The van der Waals surface area contributed by atoms with Gasteiger partial charge in [-0.1, -0.05) is 18.2 Å². The van der Waals surface area contributed by atoms with Crippen LogP contribution in [-0.4, -0.2) is 8.42 Å². The number of nitrogens with one attached hydrogen (secondary N) is 1. The van der Waals surface area contributed by atoms with Gasteiger partial charge in [0.1, 0.15) is 11.0 Å². The van der Waals surface area contributed by atoms with E-state index in [0.29, 0.717) is 14.6 Å². The van der Waals surface area contributed by atoms with E-state index < -0.39 is 10.0 Å². The maximum Gasteiger partial charge on any atom is 0.263 e. The third-order valence-corrected chi connectivity index (χ3v) is 5.23. The van der Waals surface area contributed by atoms with Crippen LogP contribution in [-0.2, 0) is 10.0 Å². The number of benzene rings is 2. The van der Waals surface area contributed by atoms with Crippen LogP contribution in [0.3, 0.4) is 0 Å². The van der Waals surface area contributed by atoms with E-state index >= 15 is 0 Å². The predicted molar refractivity (Wildman–Crippen MR) is 83.8 cm³/mol. The molecule has 102 valence electrons. The van der Waals surface area contributed by atoms with Crippen molar-refractivity contribution in [3.8, 4) is 6.07 Å². The zero-order chi connectivity index (χ0) is 14.8. The maximum atomic E-state index is 12.4. The molecule has 0 atom stereocenters. The van der Waals surface area contributed by atoms with E-state index in [9.17, 15) is 8.42 Å². The summed E-state index contributed by atoms with van der Waals surface area (Å²) in [6.07, 6.45) is 0. The first-order valence-corrected chi connectivity index (χ1v) is 8.48. The van der Waals surface area contributed by atoms with Gasteiger partial charge in [-0.3, -0.25) is 4.72 Å². The van der Waals surface area contributed by atoms with Gasteiger partial charge in [-0.2, -0.15) is 5.26 Å². The van der Waals surface area contributed by atoms with Crippen LogP contribution in [0.4, 0.5) is 5.69 Å². The summed E-state index contributed by atoms with van der Waals surface area (Å²) in [7, 11) is -3.83. The molecule has 2 aromatic rings. The minimum Gasteiger partial charge on any atom is -0.277 e. The summed E-state index contributed by atoms with van der Waals surface area (Å²) in [5.74, 6) is 0. The molecule has 2 rings (SSSR count). The molecule has 0 aromatic heterocycles. The van der Waals surface area contributed by atoms with E-state index in [-0.39, 0.29) is 10.5 Å². The Morgan fingerprint density at radius 3 is 2.20 bits per heavy atom. The van der Waals surface area contributed by atoms with Crippen molar-refractivity contribution >= 4 is 47.6 Å². The van der Waals surface area contributed by atoms with Gasteiger partial charge in [-0.15, -0.1) is 0 Å². The van der Waals surface area contributed by atoms with E-state index in [0.717, 1.165) is 0 Å². The Hall–Kier alpha value is -1.36. The van der Waals surface area contributed by atoms with Gasteiger partial charge in [0.25, 0.3) is 10.0 Å². The van der Waals surface area contributed by atoms with Gasteiger partial charge in [0.2, 0.25) is 0 Å². The molecule has 0 aliphatic heterocycles. The molecule has 0 amide bonds. The van der Waals surface area contributed by atoms with Crippen molar-refractivity contribution in [1.29, 1.82) is 5.26 Å². The van der Waals surface area contributed by atoms with Crippen molar-refractivity contribution in [3.05, 3.63) is 57.0 Å². The minimum absolute atomic E-state index is 0.0508. The summed E-state index contributed by atoms with van der Waals surface area (Å²) in [6, 6.07) is 13.1. The predicted octanol–water partition coefficient (Wildman–Crippen LogP) is 3.88. The first-order valence-electron chi connectivity index (χ1n) is 5.41. The van der Waals surface area contributed by atoms with E-state index in [1.54, 1.807) is 30.3 Å². The molecule has 4 nitrogen and oxygen atoms in total. The van der Waals surface area contributed by atoms with Crippen molar-refractivity contribution in [2.75, 3.05) is 4.72 Å². The second-order valence-electron chi connectivity index (χ2n) is 3.81. The normalized spacial score (nSPS) is 10.8. The number of hydrogen-bond donors (Lipinski definition) is 1. The fourth-order valence-electron chi connectivity index (χ4n) is 1.58. The maximum absolute atomic E-state index is 12.4. The molecule has 0 spiro atoms. The average molecular weight is 416 g/mol. The van der Waals surface area contributed by atoms with Crippen molar-refractivity contribution in [2.24, 2.45) is 0 Å². The van der Waals surface area contributed by atoms with Crippen LogP contribution in [0.15, 0.2) is 56.3 Å². The Bertz CT molecular complexity index is 778. The highest BCUT2D eigenvalue weighted by atomic mass is 79.9. The van der Waals surface area contributed by atoms with E-state index in [1.165, 1.54) is 12.1 Å². The second-order valence-corrected chi connectivity index (χ2v) is 7.17. The van der Waals surface area contributed by atoms with Crippen molar-refractivity contribution in [3.63, 3.8) is 0 Å². The molecule has 0 unspecified atom stereocenters. The molecule has 0 fully saturated rings. The molecule has 20 heavy (non-hydrogen) atoms. The van der Waals surface area contributed by atoms with E-state index in [2.05, 4.69) is 36.6 Å². The van der Waals surface area contributed by atoms with Crippen molar-refractivity contribution < 1.29 is 8.42 Å². The van der Waals surface area contributed by atoms with Crippen LogP contribution in [0.1, 0.15) is 5.56 Å². The van der Waals surface area contributed by atoms with Gasteiger partial charge < -0.3 is 0 Å². The highest BCUT2D eigenvalue weighted by molar-refractivity contribution is 9.11. The van der Waals surface area contributed by atoms with Gasteiger partial charge in [0, 0.05) is 8.95 Å². The highest BCUT2D eigenvalue weighted by Crippen LogP contribution is 2.32. The van der Waals surface area contributed by atoms with Gasteiger partial charge >= 0.3 is 0 Å². The second kappa shape index (κ2) is 5.95. The Balaban J connectivity index is 2.50. The number of anilines is 1. The van der Waals surface area contributed by atoms with E-state index in [1.807, 2.05) is 6.07 Å². The molecule has 7 heteroatoms. The first kappa shape index (κ1) is 15.0. The third-order valence-electron chi connectivity index (χ3n) is 2.50. The van der Waals surface area contributed by atoms with Gasteiger partial charge in [-0.25, -0.2) is 8.42 Å². The SMILES string of the molecule is N#Cc1ccccc1S(=O)(=O)Nc1c(Br)cccc1Br. The molecule has 0 aliphatic rings. The quantitative estimate of drug-likeness (QED) is 0.826. The molecular weight excluding hydrogens is 408 g/mol. The number of hydrogen-bond acceptors (Lipinski definition) is 3. The molecule has 0 aliphatic carbocycles. The lowest BCUT2D eigenvalue weighted by Crippen LogP contribution is -2.15. The molecule has 1 N–H and O–H groups in total. The largest absolute Gasteiger partial charge is 0.277 e. The van der Waals surface area contributed by atoms with Crippen LogP contribution in [0.25, 0.3) is 0 Å². The van der Waals surface area contributed by atoms with Crippen LogP contribution in [0, 0.1) is 11.3 Å². The number of halogens is 2. The molecule has 0 saturated carbocycles. The Morgan fingerprint density at radius 1 is 1.00 bits per heavy atom. The monoisotopic (exact) mass is 414 g/mol. The lowest BCUT2D eigenvalue weighted by Gasteiger charge is -2.12. The zero-order valence-corrected chi connectivity index (χ0v) is 14.0. The summed E-state index contributed by atoms with van der Waals surface area (Å²) >= 11 is 6.57. The summed E-state index contributed by atoms with van der Waals surface area (Å²) < 4.78 is 28.4. The van der Waals surface area contributed by atoms with Crippen LogP contribution in [0.5, 0.6) is 0 Å². The summed E-state index contributed by atoms with van der Waals surface area (Å²) in [5, 5.41) is 9.00. The molecule has 0 saturated heterocycles. The number of para-hydroxylation sites is 1. The van der Waals surface area contributed by atoms with Gasteiger partial charge in [0.05, 0.1) is 11.3 Å². The first-order chi connectivity index (χ1) is 9.45. The summed E-state index contributed by atoms with van der Waals surface area (Å²) in [6.45, 7) is 0. The van der Waals surface area contributed by atoms with Crippen LogP contribution < -0.4 is 4.72 Å². The van der Waals surface area contributed by atoms with Gasteiger partial charge in [-0.05, 0) is 56.1 Å². The fraction of sp³-hybridized carbons (Fsp3) is 0. The Kier molecular flexibility index (Phi) is 4.48. The van der Waals surface area contributed by atoms with Crippen LogP contribution in [0.2, 0.25) is 0 Å². The minimum atomic E-state index is -3.83. The summed E-state index contributed by atoms with van der Waals surface area (Å²) in [5.41, 5.74) is 0.489. The van der Waals surface area contributed by atoms with Gasteiger partial charge in [0.15, 0.2) is 0 Å². The van der Waals surface area contributed by atoms with Crippen molar-refractivity contribution in [1.82, 2.24) is 0 Å². The molecular formula is C13H8Br2N2O2S. The summed E-state index contributed by atoms with van der Waals surface area (Å²) in [4.78, 5) is -0.0508. The number of rotatable bonds is 3. The van der Waals surface area contributed by atoms with Crippen molar-refractivity contribution in [2.45, 2.75) is 4.90 Å².